The molecule has 3 heteroatoms. The average molecular weight is 376 g/mol. The molecule has 3 aromatic rings. The minimum atomic E-state index is -0.0618. The molecule has 0 radical (unpaired) electrons. The van der Waals surface area contributed by atoms with E-state index in [1.807, 2.05) is 57.2 Å². The van der Waals surface area contributed by atoms with E-state index in [0.29, 0.717) is 19.8 Å². The van der Waals surface area contributed by atoms with E-state index in [1.165, 1.54) is 0 Å². The Morgan fingerprint density at radius 2 is 0.786 bits per heavy atom. The van der Waals surface area contributed by atoms with E-state index in [-0.39, 0.29) is 5.92 Å². The Kier molecular flexibility index (Phi) is 6.96. The van der Waals surface area contributed by atoms with Crippen LogP contribution in [0.15, 0.2) is 72.8 Å². The van der Waals surface area contributed by atoms with Crippen LogP contribution in [0.2, 0.25) is 0 Å². The maximum Gasteiger partial charge on any atom is 0.123 e. The molecule has 146 valence electrons. The first-order chi connectivity index (χ1) is 13.8. The van der Waals surface area contributed by atoms with Gasteiger partial charge in [-0.05, 0) is 39.0 Å². The molecule has 0 saturated carbocycles. The van der Waals surface area contributed by atoms with Crippen molar-refractivity contribution in [1.29, 1.82) is 0 Å². The normalized spacial score (nSPS) is 10.7. The van der Waals surface area contributed by atoms with Crippen molar-refractivity contribution >= 4 is 0 Å². The van der Waals surface area contributed by atoms with Gasteiger partial charge in [-0.2, -0.15) is 0 Å². The molecule has 0 heterocycles. The summed E-state index contributed by atoms with van der Waals surface area (Å²) >= 11 is 0. The molecule has 3 aromatic carbocycles. The Labute approximate surface area is 167 Å². The van der Waals surface area contributed by atoms with Crippen molar-refractivity contribution in [3.05, 3.63) is 89.5 Å². The van der Waals surface area contributed by atoms with E-state index >= 15 is 0 Å². The Morgan fingerprint density at radius 1 is 0.500 bits per heavy atom. The third-order valence-electron chi connectivity index (χ3n) is 4.59. The molecule has 0 amide bonds. The lowest BCUT2D eigenvalue weighted by molar-refractivity contribution is 0.327. The number of ether oxygens (including phenoxy) is 3. The van der Waals surface area contributed by atoms with Crippen LogP contribution < -0.4 is 14.2 Å². The third-order valence-corrected chi connectivity index (χ3v) is 4.59. The van der Waals surface area contributed by atoms with Crippen LogP contribution in [0.5, 0.6) is 17.2 Å². The zero-order valence-corrected chi connectivity index (χ0v) is 16.9. The second kappa shape index (κ2) is 9.84. The molecule has 0 aromatic heterocycles. The summed E-state index contributed by atoms with van der Waals surface area (Å²) in [4.78, 5) is 0. The van der Waals surface area contributed by atoms with Crippen molar-refractivity contribution in [1.82, 2.24) is 0 Å². The molecule has 0 spiro atoms. The summed E-state index contributed by atoms with van der Waals surface area (Å²) in [5.74, 6) is 2.58. The number of rotatable bonds is 9. The topological polar surface area (TPSA) is 27.7 Å². The molecule has 0 aliphatic carbocycles. The second-order valence-corrected chi connectivity index (χ2v) is 6.35. The lowest BCUT2D eigenvalue weighted by Gasteiger charge is -2.25. The van der Waals surface area contributed by atoms with Crippen molar-refractivity contribution in [2.24, 2.45) is 0 Å². The van der Waals surface area contributed by atoms with Gasteiger partial charge in [-0.25, -0.2) is 0 Å². The molecule has 0 aliphatic rings. The largest absolute Gasteiger partial charge is 0.494 e. The molecule has 3 rings (SSSR count). The lowest BCUT2D eigenvalue weighted by atomic mass is 9.83. The number of hydrogen-bond acceptors (Lipinski definition) is 3. The van der Waals surface area contributed by atoms with Crippen molar-refractivity contribution in [2.45, 2.75) is 26.7 Å². The summed E-state index contributed by atoms with van der Waals surface area (Å²) in [5, 5.41) is 0. The molecule has 0 saturated heterocycles. The molecule has 0 fully saturated rings. The number of benzene rings is 3. The van der Waals surface area contributed by atoms with Crippen molar-refractivity contribution in [2.75, 3.05) is 19.8 Å². The van der Waals surface area contributed by atoms with Gasteiger partial charge in [0.05, 0.1) is 19.8 Å². The van der Waals surface area contributed by atoms with E-state index in [9.17, 15) is 0 Å². The monoisotopic (exact) mass is 376 g/mol. The fourth-order valence-corrected chi connectivity index (χ4v) is 3.52. The maximum atomic E-state index is 5.98. The van der Waals surface area contributed by atoms with Crippen molar-refractivity contribution in [3.8, 4) is 17.2 Å². The van der Waals surface area contributed by atoms with Gasteiger partial charge in [0.1, 0.15) is 17.2 Å². The zero-order valence-electron chi connectivity index (χ0n) is 16.9. The van der Waals surface area contributed by atoms with Crippen LogP contribution in [0.25, 0.3) is 0 Å². The van der Waals surface area contributed by atoms with Crippen LogP contribution in [-0.4, -0.2) is 19.8 Å². The van der Waals surface area contributed by atoms with Gasteiger partial charge in [0, 0.05) is 22.6 Å². The summed E-state index contributed by atoms with van der Waals surface area (Å²) in [6.07, 6.45) is 0. The Bertz CT molecular complexity index is 771. The molecule has 3 nitrogen and oxygen atoms in total. The summed E-state index contributed by atoms with van der Waals surface area (Å²) in [6.45, 7) is 7.87. The van der Waals surface area contributed by atoms with Gasteiger partial charge in [0.15, 0.2) is 0 Å². The zero-order chi connectivity index (χ0) is 19.8. The quantitative estimate of drug-likeness (QED) is 0.425. The van der Waals surface area contributed by atoms with E-state index in [1.54, 1.807) is 0 Å². The van der Waals surface area contributed by atoms with Crippen LogP contribution in [-0.2, 0) is 0 Å². The van der Waals surface area contributed by atoms with Crippen LogP contribution >= 0.6 is 0 Å². The predicted molar refractivity (Wildman–Crippen MR) is 114 cm³/mol. The minimum absolute atomic E-state index is 0.0618. The van der Waals surface area contributed by atoms with Gasteiger partial charge < -0.3 is 14.2 Å². The van der Waals surface area contributed by atoms with Crippen LogP contribution in [0.3, 0.4) is 0 Å². The predicted octanol–water partition coefficient (Wildman–Crippen LogP) is 6.06. The molecule has 28 heavy (non-hydrogen) atoms. The van der Waals surface area contributed by atoms with Gasteiger partial charge in [0.2, 0.25) is 0 Å². The smallest absolute Gasteiger partial charge is 0.123 e. The molecular weight excluding hydrogens is 348 g/mol. The fourth-order valence-electron chi connectivity index (χ4n) is 3.52. The highest BCUT2D eigenvalue weighted by atomic mass is 16.5. The van der Waals surface area contributed by atoms with Crippen LogP contribution in [0, 0.1) is 0 Å². The Hall–Kier alpha value is -2.94. The van der Waals surface area contributed by atoms with E-state index in [4.69, 9.17) is 14.2 Å². The first-order valence-corrected chi connectivity index (χ1v) is 9.95. The second-order valence-electron chi connectivity index (χ2n) is 6.35. The number of para-hydroxylation sites is 3. The average Bonchev–Trinajstić information content (AvgIpc) is 2.72. The SMILES string of the molecule is CCOc1ccccc1C(c1ccccc1OCC)c1ccccc1OCC. The summed E-state index contributed by atoms with van der Waals surface area (Å²) < 4.78 is 17.9. The fraction of sp³-hybridized carbons (Fsp3) is 0.280. The highest BCUT2D eigenvalue weighted by Crippen LogP contribution is 2.44. The highest BCUT2D eigenvalue weighted by Gasteiger charge is 2.26. The van der Waals surface area contributed by atoms with Gasteiger partial charge in [-0.3, -0.25) is 0 Å². The first kappa shape index (κ1) is 19.8. The maximum absolute atomic E-state index is 5.98. The highest BCUT2D eigenvalue weighted by molar-refractivity contribution is 5.56. The molecular formula is C25H28O3. The van der Waals surface area contributed by atoms with E-state index in [2.05, 4.69) is 36.4 Å². The third kappa shape index (κ3) is 4.30. The molecule has 0 bridgehead atoms. The standard InChI is InChI=1S/C25H28O3/c1-4-26-22-16-10-7-13-19(22)25(20-14-8-11-17-23(20)27-5-2)21-15-9-12-18-24(21)28-6-3/h7-18,25H,4-6H2,1-3H3. The van der Waals surface area contributed by atoms with Gasteiger partial charge in [0.25, 0.3) is 0 Å². The molecule has 0 N–H and O–H groups in total. The molecule has 0 atom stereocenters. The van der Waals surface area contributed by atoms with E-state index in [0.717, 1.165) is 33.9 Å². The minimum Gasteiger partial charge on any atom is -0.494 e. The van der Waals surface area contributed by atoms with Gasteiger partial charge >= 0.3 is 0 Å². The molecule has 0 aliphatic heterocycles. The summed E-state index contributed by atoms with van der Waals surface area (Å²) in [7, 11) is 0. The van der Waals surface area contributed by atoms with Crippen LogP contribution in [0.1, 0.15) is 43.4 Å². The Balaban J connectivity index is 2.25. The van der Waals surface area contributed by atoms with Crippen molar-refractivity contribution in [3.63, 3.8) is 0 Å². The first-order valence-electron chi connectivity index (χ1n) is 9.95. The molecule has 0 unspecified atom stereocenters. The van der Waals surface area contributed by atoms with Crippen molar-refractivity contribution < 1.29 is 14.2 Å². The van der Waals surface area contributed by atoms with Crippen LogP contribution in [0.4, 0.5) is 0 Å². The number of hydrogen-bond donors (Lipinski definition) is 0. The summed E-state index contributed by atoms with van der Waals surface area (Å²) in [5.41, 5.74) is 3.30. The van der Waals surface area contributed by atoms with Gasteiger partial charge in [-0.15, -0.1) is 0 Å². The van der Waals surface area contributed by atoms with Gasteiger partial charge in [-0.1, -0.05) is 54.6 Å². The van der Waals surface area contributed by atoms with E-state index < -0.39 is 0 Å². The lowest BCUT2D eigenvalue weighted by Crippen LogP contribution is -2.10. The summed E-state index contributed by atoms with van der Waals surface area (Å²) in [6, 6.07) is 24.6. The Morgan fingerprint density at radius 3 is 1.07 bits per heavy atom.